The van der Waals surface area contributed by atoms with E-state index in [1.54, 1.807) is 22.3 Å². The fraction of sp³-hybridized carbons (Fsp3) is 0.462. The number of thiophene rings is 1. The van der Waals surface area contributed by atoms with Gasteiger partial charge in [0.1, 0.15) is 0 Å². The molecular formula is C13H21ClN2OS. The van der Waals surface area contributed by atoms with Crippen molar-refractivity contribution >= 4 is 29.7 Å². The molecule has 0 saturated carbocycles. The van der Waals surface area contributed by atoms with E-state index in [0.29, 0.717) is 13.1 Å². The molecule has 0 aliphatic carbocycles. The third-order valence-corrected chi connectivity index (χ3v) is 3.37. The summed E-state index contributed by atoms with van der Waals surface area (Å²) in [4.78, 5) is 15.0. The zero-order valence-corrected chi connectivity index (χ0v) is 12.3. The van der Waals surface area contributed by atoms with E-state index in [-0.39, 0.29) is 24.4 Å². The highest BCUT2D eigenvalue weighted by Gasteiger charge is 2.19. The number of carbonyl (C=O) groups is 1. The summed E-state index contributed by atoms with van der Waals surface area (Å²) < 4.78 is 0. The minimum atomic E-state index is -0.389. The molecule has 0 spiro atoms. The van der Waals surface area contributed by atoms with Crippen LogP contribution in [0.2, 0.25) is 0 Å². The molecule has 18 heavy (non-hydrogen) atoms. The van der Waals surface area contributed by atoms with Crippen LogP contribution in [-0.4, -0.2) is 23.4 Å². The van der Waals surface area contributed by atoms with Crippen LogP contribution in [0.25, 0.3) is 0 Å². The number of hydrogen-bond acceptors (Lipinski definition) is 3. The summed E-state index contributed by atoms with van der Waals surface area (Å²) in [6, 6.07) is 3.63. The monoisotopic (exact) mass is 288 g/mol. The van der Waals surface area contributed by atoms with Crippen LogP contribution < -0.4 is 5.73 Å². The number of hydrogen-bond donors (Lipinski definition) is 1. The summed E-state index contributed by atoms with van der Waals surface area (Å²) >= 11 is 1.65. The van der Waals surface area contributed by atoms with Gasteiger partial charge in [0.15, 0.2) is 0 Å². The summed E-state index contributed by atoms with van der Waals surface area (Å²) in [5.74, 6) is 0.0140. The Kier molecular flexibility index (Phi) is 8.71. The van der Waals surface area contributed by atoms with E-state index >= 15 is 0 Å². The summed E-state index contributed by atoms with van der Waals surface area (Å²) in [7, 11) is 0. The third kappa shape index (κ3) is 5.21. The number of carbonyl (C=O) groups excluding carboxylic acids is 1. The first-order valence-electron chi connectivity index (χ1n) is 5.86. The molecule has 0 fully saturated rings. The van der Waals surface area contributed by atoms with Gasteiger partial charge in [0.05, 0.1) is 12.6 Å². The first kappa shape index (κ1) is 17.2. The van der Waals surface area contributed by atoms with Gasteiger partial charge in [0.25, 0.3) is 0 Å². The van der Waals surface area contributed by atoms with Gasteiger partial charge in [-0.25, -0.2) is 0 Å². The highest BCUT2D eigenvalue weighted by molar-refractivity contribution is 7.09. The Labute approximate surface area is 119 Å². The molecule has 0 saturated heterocycles. The summed E-state index contributed by atoms with van der Waals surface area (Å²) in [6.07, 6.45) is 3.40. The number of nitrogens with zero attached hydrogens (tertiary/aromatic N) is 1. The molecule has 1 unspecified atom stereocenters. The van der Waals surface area contributed by atoms with Gasteiger partial charge in [-0.2, -0.15) is 0 Å². The molecule has 1 rings (SSSR count). The fourth-order valence-electron chi connectivity index (χ4n) is 1.65. The second-order valence-corrected chi connectivity index (χ2v) is 5.01. The highest BCUT2D eigenvalue weighted by Crippen LogP contribution is 2.13. The molecular weight excluding hydrogens is 268 g/mol. The average Bonchev–Trinajstić information content (AvgIpc) is 2.80. The zero-order valence-electron chi connectivity index (χ0n) is 10.7. The van der Waals surface area contributed by atoms with Crippen molar-refractivity contribution in [3.8, 4) is 0 Å². The van der Waals surface area contributed by atoms with Crippen LogP contribution >= 0.6 is 23.7 Å². The molecule has 3 nitrogen and oxygen atoms in total. The lowest BCUT2D eigenvalue weighted by Gasteiger charge is -2.23. The van der Waals surface area contributed by atoms with Crippen LogP contribution in [0, 0.1) is 0 Å². The molecule has 0 radical (unpaired) electrons. The molecule has 5 heteroatoms. The molecule has 1 aromatic rings. The van der Waals surface area contributed by atoms with Gasteiger partial charge in [-0.3, -0.25) is 4.79 Å². The number of halogens is 1. The van der Waals surface area contributed by atoms with Crippen molar-refractivity contribution in [3.63, 3.8) is 0 Å². The Morgan fingerprint density at radius 3 is 2.89 bits per heavy atom. The van der Waals surface area contributed by atoms with E-state index in [2.05, 4.69) is 6.58 Å². The quantitative estimate of drug-likeness (QED) is 0.784. The molecule has 0 aliphatic heterocycles. The molecule has 102 valence electrons. The Morgan fingerprint density at radius 2 is 2.39 bits per heavy atom. The van der Waals surface area contributed by atoms with Crippen molar-refractivity contribution in [1.29, 1.82) is 0 Å². The molecule has 1 aromatic heterocycles. The summed E-state index contributed by atoms with van der Waals surface area (Å²) in [6.45, 7) is 6.89. The topological polar surface area (TPSA) is 46.3 Å². The van der Waals surface area contributed by atoms with Crippen LogP contribution in [0.4, 0.5) is 0 Å². The lowest BCUT2D eigenvalue weighted by Crippen LogP contribution is -2.43. The Hall–Kier alpha value is -0.840. The highest BCUT2D eigenvalue weighted by atomic mass is 35.5. The van der Waals surface area contributed by atoms with Crippen molar-refractivity contribution in [2.24, 2.45) is 5.73 Å². The smallest absolute Gasteiger partial charge is 0.240 e. The minimum absolute atomic E-state index is 0. The molecule has 0 aliphatic rings. The van der Waals surface area contributed by atoms with Gasteiger partial charge in [-0.05, 0) is 17.9 Å². The van der Waals surface area contributed by atoms with Crippen LogP contribution in [-0.2, 0) is 11.3 Å². The molecule has 1 heterocycles. The Bertz CT molecular complexity index is 354. The number of nitrogens with two attached hydrogens (primary N) is 1. The number of amides is 1. The van der Waals surface area contributed by atoms with Crippen molar-refractivity contribution in [2.75, 3.05) is 6.54 Å². The predicted molar refractivity (Wildman–Crippen MR) is 80.1 cm³/mol. The van der Waals surface area contributed by atoms with E-state index in [1.165, 1.54) is 4.88 Å². The average molecular weight is 289 g/mol. The van der Waals surface area contributed by atoms with Crippen LogP contribution in [0.1, 0.15) is 24.6 Å². The maximum absolute atomic E-state index is 12.1. The van der Waals surface area contributed by atoms with E-state index in [9.17, 15) is 4.79 Å². The SMILES string of the molecule is C=CCN(Cc1cccs1)C(=O)C(N)CCC.Cl. The van der Waals surface area contributed by atoms with E-state index in [4.69, 9.17) is 5.73 Å². The first-order chi connectivity index (χ1) is 8.19. The van der Waals surface area contributed by atoms with E-state index < -0.39 is 0 Å². The van der Waals surface area contributed by atoms with Crippen molar-refractivity contribution in [2.45, 2.75) is 32.4 Å². The van der Waals surface area contributed by atoms with Crippen molar-refractivity contribution < 1.29 is 4.79 Å². The second-order valence-electron chi connectivity index (χ2n) is 3.98. The first-order valence-corrected chi connectivity index (χ1v) is 6.74. The Balaban J connectivity index is 0.00000289. The molecule has 0 bridgehead atoms. The van der Waals surface area contributed by atoms with Crippen molar-refractivity contribution in [3.05, 3.63) is 35.0 Å². The zero-order chi connectivity index (χ0) is 12.7. The van der Waals surface area contributed by atoms with Gasteiger partial charge in [0.2, 0.25) is 5.91 Å². The van der Waals surface area contributed by atoms with Crippen molar-refractivity contribution in [1.82, 2.24) is 4.90 Å². The minimum Gasteiger partial charge on any atom is -0.332 e. The van der Waals surface area contributed by atoms with E-state index in [0.717, 1.165) is 12.8 Å². The standard InChI is InChI=1S/C13H20N2OS.ClH/c1-3-6-12(14)13(16)15(8-4-2)10-11-7-5-9-17-11;/h4-5,7,9,12H,2-3,6,8,10,14H2,1H3;1H. The van der Waals surface area contributed by atoms with Gasteiger partial charge >= 0.3 is 0 Å². The lowest BCUT2D eigenvalue weighted by molar-refractivity contribution is -0.132. The van der Waals surface area contributed by atoms with Gasteiger partial charge in [-0.1, -0.05) is 25.5 Å². The molecule has 1 atom stereocenters. The third-order valence-electron chi connectivity index (χ3n) is 2.50. The van der Waals surface area contributed by atoms with Gasteiger partial charge in [-0.15, -0.1) is 30.3 Å². The number of rotatable bonds is 7. The van der Waals surface area contributed by atoms with Gasteiger partial charge < -0.3 is 10.6 Å². The lowest BCUT2D eigenvalue weighted by atomic mass is 10.1. The van der Waals surface area contributed by atoms with Crippen LogP contribution in [0.15, 0.2) is 30.2 Å². The van der Waals surface area contributed by atoms with Crippen LogP contribution in [0.3, 0.4) is 0 Å². The maximum atomic E-state index is 12.1. The molecule has 2 N–H and O–H groups in total. The fourth-order valence-corrected chi connectivity index (χ4v) is 2.37. The van der Waals surface area contributed by atoms with Crippen LogP contribution in [0.5, 0.6) is 0 Å². The normalized spacial score (nSPS) is 11.4. The molecule has 0 aromatic carbocycles. The predicted octanol–water partition coefficient (Wildman–Crippen LogP) is 2.81. The Morgan fingerprint density at radius 1 is 1.67 bits per heavy atom. The van der Waals surface area contributed by atoms with Gasteiger partial charge in [0, 0.05) is 11.4 Å². The maximum Gasteiger partial charge on any atom is 0.240 e. The summed E-state index contributed by atoms with van der Waals surface area (Å²) in [5, 5.41) is 2.01. The molecule has 1 amide bonds. The largest absolute Gasteiger partial charge is 0.332 e. The summed E-state index contributed by atoms with van der Waals surface area (Å²) in [5.41, 5.74) is 5.87. The van der Waals surface area contributed by atoms with E-state index in [1.807, 2.05) is 24.4 Å². The second kappa shape index (κ2) is 9.14.